The van der Waals surface area contributed by atoms with Gasteiger partial charge in [0.25, 0.3) is 5.91 Å². The van der Waals surface area contributed by atoms with Crippen LogP contribution in [0.15, 0.2) is 18.2 Å². The summed E-state index contributed by atoms with van der Waals surface area (Å²) < 4.78 is 0. The molecule has 3 nitrogen and oxygen atoms in total. The number of hydrogen-bond donors (Lipinski definition) is 1. The number of rotatable bonds is 0. The first kappa shape index (κ1) is 8.26. The summed E-state index contributed by atoms with van der Waals surface area (Å²) in [7, 11) is 0. The van der Waals surface area contributed by atoms with E-state index in [9.17, 15) is 4.79 Å². The summed E-state index contributed by atoms with van der Waals surface area (Å²) in [5.41, 5.74) is 2.97. The molecule has 1 aliphatic heterocycles. The van der Waals surface area contributed by atoms with Gasteiger partial charge in [-0.1, -0.05) is 17.7 Å². The molecule has 1 aromatic rings. The molecule has 1 amide bonds. The van der Waals surface area contributed by atoms with Crippen molar-refractivity contribution < 1.29 is 4.79 Å². The molecule has 1 aromatic carbocycles. The van der Waals surface area contributed by atoms with E-state index in [2.05, 4.69) is 0 Å². The van der Waals surface area contributed by atoms with Crippen molar-refractivity contribution in [3.05, 3.63) is 34.9 Å². The van der Waals surface area contributed by atoms with Crippen LogP contribution in [0.25, 0.3) is 0 Å². The Bertz CT molecular complexity index is 360. The van der Waals surface area contributed by atoms with E-state index in [1.54, 1.807) is 0 Å². The van der Waals surface area contributed by atoms with E-state index in [0.717, 1.165) is 23.1 Å². The molecule has 3 heteroatoms. The van der Waals surface area contributed by atoms with Gasteiger partial charge >= 0.3 is 0 Å². The van der Waals surface area contributed by atoms with Gasteiger partial charge in [0.2, 0.25) is 0 Å². The average molecular weight is 176 g/mol. The molecule has 0 saturated carbocycles. The summed E-state index contributed by atoms with van der Waals surface area (Å²) >= 11 is 0. The summed E-state index contributed by atoms with van der Waals surface area (Å²) in [5, 5.41) is 1.28. The molecule has 2 N–H and O–H groups in total. The van der Waals surface area contributed by atoms with Crippen molar-refractivity contribution in [3.8, 4) is 0 Å². The molecule has 1 heterocycles. The Kier molecular flexibility index (Phi) is 1.81. The Labute approximate surface area is 77.1 Å². The van der Waals surface area contributed by atoms with Crippen molar-refractivity contribution in [1.29, 1.82) is 0 Å². The number of hydrazine groups is 1. The molecular weight excluding hydrogens is 164 g/mol. The van der Waals surface area contributed by atoms with E-state index in [1.165, 1.54) is 5.01 Å². The zero-order chi connectivity index (χ0) is 9.42. The van der Waals surface area contributed by atoms with Crippen molar-refractivity contribution >= 4 is 5.91 Å². The summed E-state index contributed by atoms with van der Waals surface area (Å²) in [6.07, 6.45) is 0.859. The second-order valence-corrected chi connectivity index (χ2v) is 3.41. The maximum Gasteiger partial charge on any atom is 0.268 e. The fraction of sp³-hybridized carbons (Fsp3) is 0.300. The maximum atomic E-state index is 11.6. The highest BCUT2D eigenvalue weighted by Gasteiger charge is 2.21. The van der Waals surface area contributed by atoms with Crippen LogP contribution >= 0.6 is 0 Å². The first-order valence-corrected chi connectivity index (χ1v) is 4.34. The summed E-state index contributed by atoms with van der Waals surface area (Å²) in [4.78, 5) is 11.6. The number of benzene rings is 1. The summed E-state index contributed by atoms with van der Waals surface area (Å²) in [5.74, 6) is 5.46. The van der Waals surface area contributed by atoms with Crippen molar-refractivity contribution in [3.63, 3.8) is 0 Å². The molecule has 1 aliphatic rings. The minimum atomic E-state index is -0.0649. The number of amides is 1. The second-order valence-electron chi connectivity index (χ2n) is 3.41. The molecule has 0 unspecified atom stereocenters. The molecule has 2 rings (SSSR count). The Morgan fingerprint density at radius 1 is 1.46 bits per heavy atom. The number of fused-ring (bicyclic) bond motifs is 1. The van der Waals surface area contributed by atoms with Crippen LogP contribution in [-0.2, 0) is 6.42 Å². The Morgan fingerprint density at radius 2 is 2.23 bits per heavy atom. The highest BCUT2D eigenvalue weighted by atomic mass is 16.2. The number of carbonyl (C=O) groups is 1. The number of nitrogens with zero attached hydrogens (tertiary/aromatic N) is 1. The van der Waals surface area contributed by atoms with Crippen LogP contribution in [0.2, 0.25) is 0 Å². The molecule has 68 valence electrons. The zero-order valence-electron chi connectivity index (χ0n) is 7.58. The highest BCUT2D eigenvalue weighted by Crippen LogP contribution is 2.18. The average Bonchev–Trinajstić information content (AvgIpc) is 2.12. The predicted octanol–water partition coefficient (Wildman–Crippen LogP) is 0.867. The summed E-state index contributed by atoms with van der Waals surface area (Å²) in [6, 6.07) is 5.94. The second kappa shape index (κ2) is 2.85. The van der Waals surface area contributed by atoms with Gasteiger partial charge in [0.15, 0.2) is 0 Å². The third kappa shape index (κ3) is 1.31. The molecule has 0 atom stereocenters. The van der Waals surface area contributed by atoms with E-state index in [4.69, 9.17) is 5.84 Å². The van der Waals surface area contributed by atoms with Crippen molar-refractivity contribution in [2.24, 2.45) is 5.84 Å². The number of carbonyl (C=O) groups excluding carboxylic acids is 1. The number of hydrogen-bond acceptors (Lipinski definition) is 2. The first-order chi connectivity index (χ1) is 6.18. The standard InChI is InChI=1S/C10H12N2O/c1-7-2-3-8-4-5-12(11)10(13)9(8)6-7/h2-3,6H,4-5,11H2,1H3. The monoisotopic (exact) mass is 176 g/mol. The fourth-order valence-corrected chi connectivity index (χ4v) is 1.60. The maximum absolute atomic E-state index is 11.6. The third-order valence-corrected chi connectivity index (χ3v) is 2.38. The lowest BCUT2D eigenvalue weighted by Crippen LogP contribution is -2.42. The molecule has 0 aliphatic carbocycles. The van der Waals surface area contributed by atoms with Crippen molar-refractivity contribution in [2.45, 2.75) is 13.3 Å². The van der Waals surface area contributed by atoms with Gasteiger partial charge in [-0.2, -0.15) is 0 Å². The quantitative estimate of drug-likeness (QED) is 0.471. The predicted molar refractivity (Wildman–Crippen MR) is 50.1 cm³/mol. The van der Waals surface area contributed by atoms with E-state index in [1.807, 2.05) is 25.1 Å². The van der Waals surface area contributed by atoms with Crippen molar-refractivity contribution in [1.82, 2.24) is 5.01 Å². The van der Waals surface area contributed by atoms with Crippen LogP contribution < -0.4 is 5.84 Å². The van der Waals surface area contributed by atoms with Gasteiger partial charge in [-0.3, -0.25) is 9.80 Å². The fourth-order valence-electron chi connectivity index (χ4n) is 1.60. The molecule has 0 saturated heterocycles. The van der Waals surface area contributed by atoms with E-state index < -0.39 is 0 Å². The Balaban J connectivity index is 2.51. The number of nitrogens with two attached hydrogens (primary N) is 1. The topological polar surface area (TPSA) is 46.3 Å². The smallest absolute Gasteiger partial charge is 0.268 e. The van der Waals surface area contributed by atoms with Crippen LogP contribution in [0, 0.1) is 6.92 Å². The molecule has 0 aromatic heterocycles. The van der Waals surface area contributed by atoms with Crippen molar-refractivity contribution in [2.75, 3.05) is 6.54 Å². The molecular formula is C10H12N2O. The van der Waals surface area contributed by atoms with Gasteiger partial charge in [0.1, 0.15) is 0 Å². The largest absolute Gasteiger partial charge is 0.276 e. The Hall–Kier alpha value is -1.35. The molecule has 0 fully saturated rings. The highest BCUT2D eigenvalue weighted by molar-refractivity contribution is 5.96. The van der Waals surface area contributed by atoms with Gasteiger partial charge in [-0.15, -0.1) is 0 Å². The van der Waals surface area contributed by atoms with Crippen LogP contribution in [0.4, 0.5) is 0 Å². The first-order valence-electron chi connectivity index (χ1n) is 4.34. The van der Waals surface area contributed by atoms with Gasteiger partial charge < -0.3 is 0 Å². The van der Waals surface area contributed by atoms with E-state index in [-0.39, 0.29) is 5.91 Å². The normalized spacial score (nSPS) is 15.8. The van der Waals surface area contributed by atoms with Crippen LogP contribution in [-0.4, -0.2) is 17.5 Å². The van der Waals surface area contributed by atoms with E-state index in [0.29, 0.717) is 6.54 Å². The molecule has 0 radical (unpaired) electrons. The molecule has 0 spiro atoms. The van der Waals surface area contributed by atoms with Gasteiger partial charge in [0, 0.05) is 12.1 Å². The van der Waals surface area contributed by atoms with Crippen LogP contribution in [0.3, 0.4) is 0 Å². The molecule has 13 heavy (non-hydrogen) atoms. The lowest BCUT2D eigenvalue weighted by atomic mass is 9.98. The lowest BCUT2D eigenvalue weighted by Gasteiger charge is -2.24. The third-order valence-electron chi connectivity index (χ3n) is 2.38. The lowest BCUT2D eigenvalue weighted by molar-refractivity contribution is 0.0739. The van der Waals surface area contributed by atoms with Crippen LogP contribution in [0.5, 0.6) is 0 Å². The Morgan fingerprint density at radius 3 is 3.00 bits per heavy atom. The van der Waals surface area contributed by atoms with E-state index >= 15 is 0 Å². The van der Waals surface area contributed by atoms with Crippen LogP contribution in [0.1, 0.15) is 21.5 Å². The minimum Gasteiger partial charge on any atom is -0.276 e. The summed E-state index contributed by atoms with van der Waals surface area (Å²) in [6.45, 7) is 2.60. The van der Waals surface area contributed by atoms with Gasteiger partial charge in [-0.05, 0) is 25.0 Å². The van der Waals surface area contributed by atoms with Gasteiger partial charge in [0.05, 0.1) is 0 Å². The zero-order valence-corrected chi connectivity index (χ0v) is 7.58. The van der Waals surface area contributed by atoms with Gasteiger partial charge in [-0.25, -0.2) is 5.84 Å². The molecule has 0 bridgehead atoms. The SMILES string of the molecule is Cc1ccc2c(c1)C(=O)N(N)CC2. The number of aryl methyl sites for hydroxylation is 1. The minimum absolute atomic E-state index is 0.0649.